The van der Waals surface area contributed by atoms with Crippen molar-refractivity contribution in [2.24, 2.45) is 0 Å². The van der Waals surface area contributed by atoms with Crippen LogP contribution in [0.5, 0.6) is 0 Å². The molecule has 73 heavy (non-hydrogen) atoms. The highest BCUT2D eigenvalue weighted by Crippen LogP contribution is 2.30. The summed E-state index contributed by atoms with van der Waals surface area (Å²) in [4.78, 5) is 13.2. The summed E-state index contributed by atoms with van der Waals surface area (Å²) in [6.07, 6.45) is 36.5. The van der Waals surface area contributed by atoms with Crippen LogP contribution in [0.2, 0.25) is 0 Å². The van der Waals surface area contributed by atoms with E-state index in [4.69, 9.17) is 18.9 Å². The maximum Gasteiger partial charge on any atom is 0.220 e. The smallest absolute Gasteiger partial charge is 0.220 e. The zero-order chi connectivity index (χ0) is 53.2. The molecule has 0 radical (unpaired) electrons. The standard InChI is InChI=1S/C59H111NO13/c1-3-5-7-9-11-13-15-17-19-20-21-22-23-24-25-26-27-28-29-30-32-34-36-38-40-42-48(63)47(60-51(64)43-41-39-37-35-33-31-18-16-14-12-10-8-6-4-2)46-70-58-56(69)54(67)57(50(45-62)72-58)73-59-55(68)53(66)52(65)49(44-61)71-59/h16,18,40,42,47-50,52-59,61-63,65-69H,3-15,17,19-39,41,43-46H2,1-2H3,(H,60,64)/b18-16-,42-40+. The predicted molar refractivity (Wildman–Crippen MR) is 291 cm³/mol. The average Bonchev–Trinajstić information content (AvgIpc) is 3.39. The first-order chi connectivity index (χ1) is 35.6. The van der Waals surface area contributed by atoms with Gasteiger partial charge in [0, 0.05) is 6.42 Å². The van der Waals surface area contributed by atoms with Gasteiger partial charge in [0.15, 0.2) is 12.6 Å². The van der Waals surface area contributed by atoms with Crippen LogP contribution in [-0.4, -0.2) is 140 Å². The molecule has 2 aliphatic heterocycles. The van der Waals surface area contributed by atoms with Gasteiger partial charge in [0.25, 0.3) is 0 Å². The number of nitrogens with one attached hydrogen (secondary N) is 1. The van der Waals surface area contributed by atoms with Crippen LogP contribution in [0.4, 0.5) is 0 Å². The molecule has 1 amide bonds. The molecule has 2 rings (SSSR count). The molecule has 0 spiro atoms. The Balaban J connectivity index is 1.74. The minimum atomic E-state index is -1.79. The first-order valence-corrected chi connectivity index (χ1v) is 30.1. The summed E-state index contributed by atoms with van der Waals surface area (Å²) in [5, 5.41) is 87.0. The van der Waals surface area contributed by atoms with Gasteiger partial charge in [0.2, 0.25) is 5.91 Å². The lowest BCUT2D eigenvalue weighted by molar-refractivity contribution is -0.359. The number of aliphatic hydroxyl groups excluding tert-OH is 8. The van der Waals surface area contributed by atoms with Crippen molar-refractivity contribution in [3.8, 4) is 0 Å². The summed E-state index contributed by atoms with van der Waals surface area (Å²) >= 11 is 0. The lowest BCUT2D eigenvalue weighted by atomic mass is 9.97. The Morgan fingerprint density at radius 2 is 0.863 bits per heavy atom. The molecule has 0 aliphatic carbocycles. The fourth-order valence-corrected chi connectivity index (χ4v) is 9.99. The van der Waals surface area contributed by atoms with Crippen molar-refractivity contribution < 1.29 is 64.6 Å². The van der Waals surface area contributed by atoms with E-state index >= 15 is 0 Å². The number of aliphatic hydroxyl groups is 8. The molecule has 430 valence electrons. The lowest BCUT2D eigenvalue weighted by Gasteiger charge is -2.46. The Bertz CT molecular complexity index is 1320. The molecule has 14 heteroatoms. The van der Waals surface area contributed by atoms with Gasteiger partial charge in [-0.2, -0.15) is 0 Å². The third-order valence-corrected chi connectivity index (χ3v) is 14.9. The predicted octanol–water partition coefficient (Wildman–Crippen LogP) is 10.1. The number of allylic oxidation sites excluding steroid dienone is 3. The van der Waals surface area contributed by atoms with Gasteiger partial charge in [0.1, 0.15) is 48.8 Å². The van der Waals surface area contributed by atoms with Gasteiger partial charge in [0.05, 0.1) is 32.0 Å². The van der Waals surface area contributed by atoms with E-state index in [0.717, 1.165) is 57.8 Å². The number of ether oxygens (including phenoxy) is 4. The second kappa shape index (κ2) is 45.5. The SMILES string of the molecule is CCCCCCC/C=C\CCCCCCCC(=O)NC(COC1OC(CO)C(OC2OC(CO)C(O)C(O)C2O)C(O)C1O)C(O)/C=C/CCCCCCCCCCCCCCCCCCCCCCCCC. The number of hydrogen-bond acceptors (Lipinski definition) is 13. The summed E-state index contributed by atoms with van der Waals surface area (Å²) in [5.41, 5.74) is 0. The zero-order valence-corrected chi connectivity index (χ0v) is 46.1. The van der Waals surface area contributed by atoms with E-state index in [1.807, 2.05) is 6.08 Å². The van der Waals surface area contributed by atoms with E-state index in [9.17, 15) is 45.6 Å². The molecule has 0 saturated carbocycles. The van der Waals surface area contributed by atoms with Crippen LogP contribution in [0.15, 0.2) is 24.3 Å². The summed E-state index contributed by atoms with van der Waals surface area (Å²) in [7, 11) is 0. The van der Waals surface area contributed by atoms with Crippen LogP contribution in [0.1, 0.15) is 251 Å². The maximum atomic E-state index is 13.2. The molecular weight excluding hydrogens is 931 g/mol. The first-order valence-electron chi connectivity index (χ1n) is 30.1. The van der Waals surface area contributed by atoms with Crippen LogP contribution in [0, 0.1) is 0 Å². The zero-order valence-electron chi connectivity index (χ0n) is 46.1. The van der Waals surface area contributed by atoms with Crippen molar-refractivity contribution in [1.82, 2.24) is 5.32 Å². The summed E-state index contributed by atoms with van der Waals surface area (Å²) in [5.74, 6) is -0.246. The summed E-state index contributed by atoms with van der Waals surface area (Å²) < 4.78 is 22.8. The Morgan fingerprint density at radius 1 is 0.479 bits per heavy atom. The normalized spacial score (nSPS) is 25.5. The van der Waals surface area contributed by atoms with Crippen molar-refractivity contribution in [1.29, 1.82) is 0 Å². The topological polar surface area (TPSA) is 228 Å². The number of rotatable bonds is 48. The van der Waals surface area contributed by atoms with E-state index in [1.54, 1.807) is 6.08 Å². The molecule has 0 aromatic heterocycles. The average molecular weight is 1040 g/mol. The Labute approximate surface area is 443 Å². The fourth-order valence-electron chi connectivity index (χ4n) is 9.99. The molecule has 12 atom stereocenters. The molecule has 2 fully saturated rings. The van der Waals surface area contributed by atoms with Gasteiger partial charge in [-0.25, -0.2) is 0 Å². The first kappa shape index (κ1) is 67.6. The van der Waals surface area contributed by atoms with E-state index in [-0.39, 0.29) is 18.9 Å². The molecule has 0 aromatic rings. The molecule has 14 nitrogen and oxygen atoms in total. The van der Waals surface area contributed by atoms with Crippen molar-refractivity contribution in [3.05, 3.63) is 24.3 Å². The summed E-state index contributed by atoms with van der Waals surface area (Å²) in [6.45, 7) is 2.80. The van der Waals surface area contributed by atoms with Crippen LogP contribution in [0.25, 0.3) is 0 Å². The number of carbonyl (C=O) groups excluding carboxylic acids is 1. The van der Waals surface area contributed by atoms with E-state index in [2.05, 4.69) is 31.3 Å². The van der Waals surface area contributed by atoms with Crippen LogP contribution in [0.3, 0.4) is 0 Å². The van der Waals surface area contributed by atoms with Gasteiger partial charge in [-0.15, -0.1) is 0 Å². The number of hydrogen-bond donors (Lipinski definition) is 9. The fraction of sp³-hybridized carbons (Fsp3) is 0.915. The van der Waals surface area contributed by atoms with Gasteiger partial charge in [-0.3, -0.25) is 4.79 Å². The second-order valence-electron chi connectivity index (χ2n) is 21.5. The number of amides is 1. The van der Waals surface area contributed by atoms with Gasteiger partial charge in [-0.1, -0.05) is 224 Å². The Kier molecular flexibility index (Phi) is 42.1. The molecule has 9 N–H and O–H groups in total. The Morgan fingerprint density at radius 3 is 1.30 bits per heavy atom. The third-order valence-electron chi connectivity index (χ3n) is 14.9. The van der Waals surface area contributed by atoms with Gasteiger partial charge in [-0.05, 0) is 44.9 Å². The molecule has 0 aromatic carbocycles. The molecule has 0 bridgehead atoms. The van der Waals surface area contributed by atoms with Crippen molar-refractivity contribution >= 4 is 5.91 Å². The largest absolute Gasteiger partial charge is 0.394 e. The summed E-state index contributed by atoms with van der Waals surface area (Å²) in [6, 6.07) is -0.917. The monoisotopic (exact) mass is 1040 g/mol. The lowest BCUT2D eigenvalue weighted by Crippen LogP contribution is -2.65. The molecule has 12 unspecified atom stereocenters. The van der Waals surface area contributed by atoms with Crippen LogP contribution < -0.4 is 5.32 Å². The third kappa shape index (κ3) is 31.5. The van der Waals surface area contributed by atoms with Crippen LogP contribution >= 0.6 is 0 Å². The highest BCUT2D eigenvalue weighted by Gasteiger charge is 2.51. The van der Waals surface area contributed by atoms with Crippen molar-refractivity contribution in [3.63, 3.8) is 0 Å². The quantitative estimate of drug-likeness (QED) is 0.0204. The van der Waals surface area contributed by atoms with Crippen LogP contribution in [-0.2, 0) is 23.7 Å². The molecular formula is C59H111NO13. The number of unbranched alkanes of at least 4 members (excludes halogenated alkanes) is 33. The minimum Gasteiger partial charge on any atom is -0.394 e. The van der Waals surface area contributed by atoms with Crippen molar-refractivity contribution in [2.45, 2.75) is 325 Å². The minimum absolute atomic E-state index is 0.246. The molecule has 2 heterocycles. The highest BCUT2D eigenvalue weighted by molar-refractivity contribution is 5.76. The van der Waals surface area contributed by atoms with E-state index < -0.39 is 86.8 Å². The van der Waals surface area contributed by atoms with Gasteiger partial charge < -0.3 is 65.1 Å². The second-order valence-corrected chi connectivity index (χ2v) is 21.5. The highest BCUT2D eigenvalue weighted by atomic mass is 16.7. The molecule has 2 aliphatic rings. The van der Waals surface area contributed by atoms with E-state index in [0.29, 0.717) is 6.42 Å². The van der Waals surface area contributed by atoms with E-state index in [1.165, 1.54) is 167 Å². The van der Waals surface area contributed by atoms with Gasteiger partial charge >= 0.3 is 0 Å². The van der Waals surface area contributed by atoms with Crippen molar-refractivity contribution in [2.75, 3.05) is 19.8 Å². The maximum absolute atomic E-state index is 13.2. The Hall–Kier alpha value is -1.53. The number of carbonyl (C=O) groups is 1. The molecule has 2 saturated heterocycles.